The van der Waals surface area contributed by atoms with Crippen LogP contribution >= 0.6 is 0 Å². The summed E-state index contributed by atoms with van der Waals surface area (Å²) in [5.74, 6) is 0. The van der Waals surface area contributed by atoms with Crippen LogP contribution in [0.4, 0.5) is 0 Å². The Morgan fingerprint density at radius 2 is 1.68 bits per heavy atom. The average Bonchev–Trinajstić information content (AvgIpc) is 2.38. The predicted octanol–water partition coefficient (Wildman–Crippen LogP) is 3.99. The Hall–Kier alpha value is -1.85. The highest BCUT2D eigenvalue weighted by Crippen LogP contribution is 2.39. The van der Waals surface area contributed by atoms with Gasteiger partial charge in [0.25, 0.3) is 0 Å². The highest BCUT2D eigenvalue weighted by Gasteiger charge is 2.33. The van der Waals surface area contributed by atoms with E-state index < -0.39 is 5.41 Å². The van der Waals surface area contributed by atoms with Crippen LogP contribution in [-0.2, 0) is 0 Å². The molecule has 0 aliphatic rings. The van der Waals surface area contributed by atoms with E-state index in [-0.39, 0.29) is 6.04 Å². The molecule has 98 valence electrons. The molecule has 1 atom stereocenters. The third kappa shape index (κ3) is 2.47. The molecule has 0 fully saturated rings. The Kier molecular flexibility index (Phi) is 3.59. The number of benzene rings is 2. The van der Waals surface area contributed by atoms with E-state index in [1.807, 2.05) is 34.0 Å². The molecule has 0 bridgehead atoms. The molecule has 0 aliphatic carbocycles. The number of rotatable bonds is 3. The molecule has 0 aliphatic heterocycles. The summed E-state index contributed by atoms with van der Waals surface area (Å²) in [6.07, 6.45) is 0. The first-order valence-electron chi connectivity index (χ1n) is 6.52. The van der Waals surface area contributed by atoms with Crippen LogP contribution in [0, 0.1) is 16.7 Å². The van der Waals surface area contributed by atoms with Gasteiger partial charge in [-0.15, -0.1) is 0 Å². The molecule has 0 N–H and O–H groups in total. The van der Waals surface area contributed by atoms with Gasteiger partial charge < -0.3 is 4.90 Å². The Bertz CT molecular complexity index is 615. The van der Waals surface area contributed by atoms with E-state index in [0.717, 1.165) is 0 Å². The summed E-state index contributed by atoms with van der Waals surface area (Å²) in [6.45, 7) is 4.00. The maximum absolute atomic E-state index is 9.47. The van der Waals surface area contributed by atoms with Crippen molar-refractivity contribution >= 4 is 10.8 Å². The topological polar surface area (TPSA) is 27.0 Å². The number of hydrogen-bond donors (Lipinski definition) is 0. The van der Waals surface area contributed by atoms with Crippen LogP contribution in [0.1, 0.15) is 25.5 Å². The molecule has 19 heavy (non-hydrogen) atoms. The largest absolute Gasteiger partial charge is 0.301 e. The highest BCUT2D eigenvalue weighted by atomic mass is 15.1. The zero-order valence-electron chi connectivity index (χ0n) is 12.0. The summed E-state index contributed by atoms with van der Waals surface area (Å²) in [5.41, 5.74) is 0.780. The first-order chi connectivity index (χ1) is 8.97. The predicted molar refractivity (Wildman–Crippen MR) is 79.8 cm³/mol. The maximum Gasteiger partial charge on any atom is 0.0714 e. The molecule has 0 spiro atoms. The summed E-state index contributed by atoms with van der Waals surface area (Å²) in [6, 6.07) is 17.2. The van der Waals surface area contributed by atoms with Gasteiger partial charge in [0, 0.05) is 0 Å². The van der Waals surface area contributed by atoms with Gasteiger partial charge in [-0.05, 0) is 44.3 Å². The summed E-state index contributed by atoms with van der Waals surface area (Å²) >= 11 is 0. The van der Waals surface area contributed by atoms with Crippen LogP contribution in [0.25, 0.3) is 10.8 Å². The molecular weight excluding hydrogens is 232 g/mol. The van der Waals surface area contributed by atoms with Crippen LogP contribution in [0.2, 0.25) is 0 Å². The van der Waals surface area contributed by atoms with Crippen molar-refractivity contribution in [3.63, 3.8) is 0 Å². The van der Waals surface area contributed by atoms with Crippen molar-refractivity contribution in [3.05, 3.63) is 48.0 Å². The number of hydrogen-bond acceptors (Lipinski definition) is 2. The molecule has 2 aromatic rings. The van der Waals surface area contributed by atoms with Crippen LogP contribution in [0.3, 0.4) is 0 Å². The van der Waals surface area contributed by atoms with Gasteiger partial charge in [0.1, 0.15) is 0 Å². The summed E-state index contributed by atoms with van der Waals surface area (Å²) in [7, 11) is 4.07. The van der Waals surface area contributed by atoms with Crippen molar-refractivity contribution in [1.82, 2.24) is 4.90 Å². The molecule has 2 heteroatoms. The third-order valence-corrected chi connectivity index (χ3v) is 3.61. The van der Waals surface area contributed by atoms with E-state index in [1.54, 1.807) is 0 Å². The second kappa shape index (κ2) is 5.03. The van der Waals surface area contributed by atoms with Gasteiger partial charge in [-0.1, -0.05) is 42.5 Å². The van der Waals surface area contributed by atoms with Gasteiger partial charge in [-0.25, -0.2) is 0 Å². The van der Waals surface area contributed by atoms with Crippen LogP contribution < -0.4 is 0 Å². The van der Waals surface area contributed by atoms with Crippen LogP contribution in [-0.4, -0.2) is 19.0 Å². The van der Waals surface area contributed by atoms with E-state index in [2.05, 4.69) is 47.4 Å². The average molecular weight is 252 g/mol. The lowest BCUT2D eigenvalue weighted by molar-refractivity contribution is 0.187. The molecule has 0 aromatic heterocycles. The molecule has 0 amide bonds. The standard InChI is InChI=1S/C17H20N2/c1-17(2,12-18)16(19(3)4)15-11-7-9-13-8-5-6-10-14(13)15/h5-11,16H,1-4H3. The third-order valence-electron chi connectivity index (χ3n) is 3.61. The maximum atomic E-state index is 9.47. The second-order valence-electron chi connectivity index (χ2n) is 5.77. The van der Waals surface area contributed by atoms with Gasteiger partial charge in [0.2, 0.25) is 0 Å². The van der Waals surface area contributed by atoms with Gasteiger partial charge in [-0.3, -0.25) is 0 Å². The number of fused-ring (bicyclic) bond motifs is 1. The van der Waals surface area contributed by atoms with Crippen LogP contribution in [0.15, 0.2) is 42.5 Å². The van der Waals surface area contributed by atoms with E-state index in [0.29, 0.717) is 0 Å². The van der Waals surface area contributed by atoms with E-state index in [9.17, 15) is 5.26 Å². The minimum absolute atomic E-state index is 0.0728. The Morgan fingerprint density at radius 3 is 2.32 bits per heavy atom. The molecule has 2 aromatic carbocycles. The Labute approximate surface area is 115 Å². The molecule has 2 rings (SSSR count). The summed E-state index contributed by atoms with van der Waals surface area (Å²) < 4.78 is 0. The lowest BCUT2D eigenvalue weighted by Gasteiger charge is -2.34. The smallest absolute Gasteiger partial charge is 0.0714 e. The zero-order chi connectivity index (χ0) is 14.0. The van der Waals surface area contributed by atoms with Crippen molar-refractivity contribution in [1.29, 1.82) is 5.26 Å². The van der Waals surface area contributed by atoms with Crippen molar-refractivity contribution in [2.45, 2.75) is 19.9 Å². The molecular formula is C17H20N2. The first-order valence-corrected chi connectivity index (χ1v) is 6.52. The molecule has 0 saturated carbocycles. The molecule has 1 unspecified atom stereocenters. The number of nitrogens with zero attached hydrogens (tertiary/aromatic N) is 2. The Morgan fingerprint density at radius 1 is 1.05 bits per heavy atom. The van der Waals surface area contributed by atoms with Crippen molar-refractivity contribution in [3.8, 4) is 6.07 Å². The van der Waals surface area contributed by atoms with Crippen molar-refractivity contribution < 1.29 is 0 Å². The SMILES string of the molecule is CN(C)C(c1cccc2ccccc12)C(C)(C)C#N. The minimum Gasteiger partial charge on any atom is -0.301 e. The zero-order valence-corrected chi connectivity index (χ0v) is 12.0. The molecule has 0 radical (unpaired) electrons. The van der Waals surface area contributed by atoms with E-state index >= 15 is 0 Å². The molecule has 0 saturated heterocycles. The van der Waals surface area contributed by atoms with Gasteiger partial charge in [-0.2, -0.15) is 5.26 Å². The lowest BCUT2D eigenvalue weighted by atomic mass is 9.79. The fourth-order valence-electron chi connectivity index (χ4n) is 2.86. The lowest BCUT2D eigenvalue weighted by Crippen LogP contribution is -2.32. The quantitative estimate of drug-likeness (QED) is 0.825. The van der Waals surface area contributed by atoms with Gasteiger partial charge in [0.05, 0.1) is 17.5 Å². The first kappa shape index (κ1) is 13.6. The summed E-state index contributed by atoms with van der Waals surface area (Å²) in [4.78, 5) is 2.13. The van der Waals surface area contributed by atoms with Gasteiger partial charge >= 0.3 is 0 Å². The second-order valence-corrected chi connectivity index (χ2v) is 5.77. The fourth-order valence-corrected chi connectivity index (χ4v) is 2.86. The fraction of sp³-hybridized carbons (Fsp3) is 0.353. The highest BCUT2D eigenvalue weighted by molar-refractivity contribution is 5.86. The molecule has 0 heterocycles. The van der Waals surface area contributed by atoms with E-state index in [1.165, 1.54) is 16.3 Å². The van der Waals surface area contributed by atoms with Gasteiger partial charge in [0.15, 0.2) is 0 Å². The van der Waals surface area contributed by atoms with Crippen molar-refractivity contribution in [2.24, 2.45) is 5.41 Å². The van der Waals surface area contributed by atoms with Crippen molar-refractivity contribution in [2.75, 3.05) is 14.1 Å². The van der Waals surface area contributed by atoms with Crippen LogP contribution in [0.5, 0.6) is 0 Å². The molecule has 2 nitrogen and oxygen atoms in total. The normalized spacial score (nSPS) is 13.5. The monoisotopic (exact) mass is 252 g/mol. The Balaban J connectivity index is 2.68. The van der Waals surface area contributed by atoms with E-state index in [4.69, 9.17) is 0 Å². The summed E-state index contributed by atoms with van der Waals surface area (Å²) in [5, 5.41) is 11.9. The number of nitriles is 1. The minimum atomic E-state index is -0.437.